The molecule has 0 amide bonds. The zero-order chi connectivity index (χ0) is 23.6. The summed E-state index contributed by atoms with van der Waals surface area (Å²) in [5, 5.41) is 0. The number of unbranched alkanes of at least 4 members (excludes halogenated alkanes) is 7. The van der Waals surface area contributed by atoms with Gasteiger partial charge in [0.25, 0.3) is 0 Å². The van der Waals surface area contributed by atoms with E-state index in [4.69, 9.17) is 9.47 Å². The highest BCUT2D eigenvalue weighted by Crippen LogP contribution is 2.32. The minimum atomic E-state index is -1.25. The van der Waals surface area contributed by atoms with Crippen molar-refractivity contribution in [3.8, 4) is 11.1 Å². The molecule has 1 aliphatic rings. The number of ether oxygens (including phenoxy) is 2. The molecule has 0 bridgehead atoms. The molecule has 1 saturated heterocycles. The highest BCUT2D eigenvalue weighted by atomic mass is 19.1. The van der Waals surface area contributed by atoms with Crippen LogP contribution in [-0.4, -0.2) is 13.2 Å². The SMILES string of the molecule is CCCCCCCCCCC1COC(c2ccc(-c3cc(F)c(CF)c(F)c3)c(F)c2)OC1. The second-order valence-corrected chi connectivity index (χ2v) is 8.92. The summed E-state index contributed by atoms with van der Waals surface area (Å²) in [6, 6.07) is 6.21. The first-order valence-corrected chi connectivity index (χ1v) is 12.1. The van der Waals surface area contributed by atoms with Crippen molar-refractivity contribution in [1.82, 2.24) is 0 Å². The Morgan fingerprint density at radius 2 is 1.39 bits per heavy atom. The number of halogens is 4. The van der Waals surface area contributed by atoms with Crippen molar-refractivity contribution in [3.05, 3.63) is 58.9 Å². The Balaban J connectivity index is 1.47. The van der Waals surface area contributed by atoms with Gasteiger partial charge >= 0.3 is 0 Å². The summed E-state index contributed by atoms with van der Waals surface area (Å²) >= 11 is 0. The summed E-state index contributed by atoms with van der Waals surface area (Å²) in [5.74, 6) is -2.37. The van der Waals surface area contributed by atoms with Gasteiger partial charge in [-0.05, 0) is 30.2 Å². The molecule has 2 aromatic carbocycles. The van der Waals surface area contributed by atoms with Crippen LogP contribution in [0.25, 0.3) is 11.1 Å². The van der Waals surface area contributed by atoms with Crippen LogP contribution in [0.5, 0.6) is 0 Å². The second kappa shape index (κ2) is 13.1. The standard InChI is InChI=1S/C27H34F4O2/c1-2-3-4-5-6-7-8-9-10-19-17-32-27(33-18-19)20-11-12-22(24(29)13-20)21-14-25(30)23(16-28)26(31)15-21/h11-15,19,27H,2-10,16-18H2,1H3. The lowest BCUT2D eigenvalue weighted by Crippen LogP contribution is -2.27. The average molecular weight is 467 g/mol. The van der Waals surface area contributed by atoms with E-state index in [0.29, 0.717) is 24.7 Å². The third-order valence-corrected chi connectivity index (χ3v) is 6.28. The molecule has 0 radical (unpaired) electrons. The van der Waals surface area contributed by atoms with Gasteiger partial charge in [0.05, 0.1) is 18.8 Å². The molecule has 33 heavy (non-hydrogen) atoms. The molecule has 2 aromatic rings. The Hall–Kier alpha value is -1.92. The zero-order valence-electron chi connectivity index (χ0n) is 19.4. The van der Waals surface area contributed by atoms with E-state index in [9.17, 15) is 17.6 Å². The molecule has 3 rings (SSSR count). The molecule has 0 saturated carbocycles. The number of hydrogen-bond acceptors (Lipinski definition) is 2. The Kier molecular flexibility index (Phi) is 10.2. The van der Waals surface area contributed by atoms with Gasteiger partial charge in [-0.1, -0.05) is 70.4 Å². The number of rotatable bonds is 12. The summed E-state index contributed by atoms with van der Waals surface area (Å²) in [6.07, 6.45) is 10.6. The van der Waals surface area contributed by atoms with Crippen molar-refractivity contribution in [2.75, 3.05) is 13.2 Å². The van der Waals surface area contributed by atoms with E-state index in [0.717, 1.165) is 25.0 Å². The van der Waals surface area contributed by atoms with Crippen LogP contribution in [0.4, 0.5) is 17.6 Å². The summed E-state index contributed by atoms with van der Waals surface area (Å²) in [5.41, 5.74) is -0.0862. The molecule has 0 N–H and O–H groups in total. The van der Waals surface area contributed by atoms with Gasteiger partial charge in [-0.2, -0.15) is 0 Å². The number of alkyl halides is 1. The molecular formula is C27H34F4O2. The number of benzene rings is 2. The van der Waals surface area contributed by atoms with Gasteiger partial charge < -0.3 is 9.47 Å². The van der Waals surface area contributed by atoms with Gasteiger partial charge in [-0.15, -0.1) is 0 Å². The lowest BCUT2D eigenvalue weighted by Gasteiger charge is -2.29. The summed E-state index contributed by atoms with van der Waals surface area (Å²) in [7, 11) is 0. The Morgan fingerprint density at radius 1 is 0.788 bits per heavy atom. The molecular weight excluding hydrogens is 432 g/mol. The van der Waals surface area contributed by atoms with E-state index in [1.807, 2.05) is 0 Å². The quantitative estimate of drug-likeness (QED) is 0.231. The van der Waals surface area contributed by atoms with Crippen molar-refractivity contribution in [3.63, 3.8) is 0 Å². The maximum atomic E-state index is 14.7. The van der Waals surface area contributed by atoms with E-state index in [-0.39, 0.29) is 11.1 Å². The first kappa shape index (κ1) is 25.7. The van der Waals surface area contributed by atoms with Gasteiger partial charge in [0, 0.05) is 17.0 Å². The van der Waals surface area contributed by atoms with E-state index in [2.05, 4.69) is 6.92 Å². The lowest BCUT2D eigenvalue weighted by atomic mass is 9.99. The fraction of sp³-hybridized carbons (Fsp3) is 0.556. The Labute approximate surface area is 194 Å². The normalized spacial score (nSPS) is 18.6. The fourth-order valence-corrected chi connectivity index (χ4v) is 4.27. The highest BCUT2D eigenvalue weighted by Gasteiger charge is 2.24. The monoisotopic (exact) mass is 466 g/mol. The van der Waals surface area contributed by atoms with E-state index in [1.165, 1.54) is 57.1 Å². The van der Waals surface area contributed by atoms with Crippen molar-refractivity contribution >= 4 is 0 Å². The van der Waals surface area contributed by atoms with Crippen molar-refractivity contribution in [2.45, 2.75) is 77.7 Å². The molecule has 6 heteroatoms. The zero-order valence-corrected chi connectivity index (χ0v) is 19.4. The molecule has 0 aliphatic carbocycles. The van der Waals surface area contributed by atoms with Gasteiger partial charge in [-0.25, -0.2) is 17.6 Å². The van der Waals surface area contributed by atoms with E-state index in [1.54, 1.807) is 6.07 Å². The van der Waals surface area contributed by atoms with Gasteiger partial charge in [0.2, 0.25) is 0 Å². The van der Waals surface area contributed by atoms with Crippen LogP contribution in [-0.2, 0) is 16.1 Å². The molecule has 0 unspecified atom stereocenters. The predicted molar refractivity (Wildman–Crippen MR) is 122 cm³/mol. The largest absolute Gasteiger partial charge is 0.348 e. The molecule has 0 spiro atoms. The van der Waals surface area contributed by atoms with Crippen molar-refractivity contribution < 1.29 is 27.0 Å². The maximum absolute atomic E-state index is 14.7. The Bertz CT molecular complexity index is 855. The van der Waals surface area contributed by atoms with Crippen LogP contribution in [0.3, 0.4) is 0 Å². The average Bonchev–Trinajstić information content (AvgIpc) is 2.81. The van der Waals surface area contributed by atoms with Crippen LogP contribution in [0.15, 0.2) is 30.3 Å². The van der Waals surface area contributed by atoms with Crippen LogP contribution in [0.2, 0.25) is 0 Å². The minimum absolute atomic E-state index is 0.0159. The summed E-state index contributed by atoms with van der Waals surface area (Å²) < 4.78 is 66.9. The van der Waals surface area contributed by atoms with Crippen LogP contribution in [0.1, 0.15) is 82.1 Å². The Morgan fingerprint density at radius 3 is 1.97 bits per heavy atom. The first-order valence-electron chi connectivity index (χ1n) is 12.1. The minimum Gasteiger partial charge on any atom is -0.348 e. The van der Waals surface area contributed by atoms with Gasteiger partial charge in [0.1, 0.15) is 24.1 Å². The summed E-state index contributed by atoms with van der Waals surface area (Å²) in [4.78, 5) is 0. The predicted octanol–water partition coefficient (Wildman–Crippen LogP) is 8.43. The van der Waals surface area contributed by atoms with Gasteiger partial charge in [-0.3, -0.25) is 0 Å². The van der Waals surface area contributed by atoms with Gasteiger partial charge in [0.15, 0.2) is 6.29 Å². The molecule has 2 nitrogen and oxygen atoms in total. The maximum Gasteiger partial charge on any atom is 0.183 e. The fourth-order valence-electron chi connectivity index (χ4n) is 4.27. The van der Waals surface area contributed by atoms with Crippen LogP contribution < -0.4 is 0 Å². The number of hydrogen-bond donors (Lipinski definition) is 0. The molecule has 1 fully saturated rings. The molecule has 1 heterocycles. The van der Waals surface area contributed by atoms with E-state index >= 15 is 0 Å². The molecule has 0 atom stereocenters. The molecule has 0 aromatic heterocycles. The van der Waals surface area contributed by atoms with Crippen molar-refractivity contribution in [1.29, 1.82) is 0 Å². The van der Waals surface area contributed by atoms with Crippen LogP contribution >= 0.6 is 0 Å². The highest BCUT2D eigenvalue weighted by molar-refractivity contribution is 5.65. The van der Waals surface area contributed by atoms with Crippen LogP contribution in [0, 0.1) is 23.4 Å². The second-order valence-electron chi connectivity index (χ2n) is 8.92. The smallest absolute Gasteiger partial charge is 0.183 e. The third-order valence-electron chi connectivity index (χ3n) is 6.28. The summed E-state index contributed by atoms with van der Waals surface area (Å²) in [6.45, 7) is 2.10. The lowest BCUT2D eigenvalue weighted by molar-refractivity contribution is -0.206. The topological polar surface area (TPSA) is 18.5 Å². The third kappa shape index (κ3) is 7.28. The molecule has 1 aliphatic heterocycles. The van der Waals surface area contributed by atoms with E-state index < -0.39 is 36.0 Å². The molecule has 182 valence electrons. The van der Waals surface area contributed by atoms with Crippen molar-refractivity contribution in [2.24, 2.45) is 5.92 Å². The first-order chi connectivity index (χ1) is 16.0.